The van der Waals surface area contributed by atoms with Crippen LogP contribution in [0.3, 0.4) is 0 Å². The number of carboxylic acid groups (broad SMARTS) is 1. The Morgan fingerprint density at radius 1 is 1.23 bits per heavy atom. The normalized spacial score (nSPS) is 26.7. The molecule has 0 radical (unpaired) electrons. The summed E-state index contributed by atoms with van der Waals surface area (Å²) < 4.78 is 5.62. The minimum atomic E-state index is -0.949. The molecule has 1 aromatic rings. The van der Waals surface area contributed by atoms with Gasteiger partial charge in [0.15, 0.2) is 0 Å². The van der Waals surface area contributed by atoms with Crippen LogP contribution in [0.25, 0.3) is 5.57 Å². The Morgan fingerprint density at radius 3 is 2.92 bits per heavy atom. The van der Waals surface area contributed by atoms with E-state index < -0.39 is 18.1 Å². The first-order chi connectivity index (χ1) is 12.7. The van der Waals surface area contributed by atoms with Crippen LogP contribution in [-0.4, -0.2) is 41.3 Å². The number of fused-ring (bicyclic) bond motifs is 3. The second-order valence-corrected chi connectivity index (χ2v) is 7.21. The molecule has 136 valence electrons. The number of carboxylic acids is 1. The van der Waals surface area contributed by atoms with Crippen molar-refractivity contribution < 1.29 is 19.4 Å². The predicted molar refractivity (Wildman–Crippen MR) is 97.7 cm³/mol. The Bertz CT molecular complexity index is 782. The average Bonchev–Trinajstić information content (AvgIpc) is 3.00. The quantitative estimate of drug-likeness (QED) is 0.897. The lowest BCUT2D eigenvalue weighted by Gasteiger charge is -2.32. The van der Waals surface area contributed by atoms with E-state index in [1.807, 2.05) is 12.1 Å². The van der Waals surface area contributed by atoms with Gasteiger partial charge in [-0.15, -0.1) is 0 Å². The molecule has 0 spiro atoms. The number of carbonyl (C=O) groups excluding carboxylic acids is 1. The SMILES string of the molecule is O=C(O)[C@@H]1CCCCN1C(=O)OCC1c2ccccc2C2=CC=CCC21. The molecule has 2 unspecified atom stereocenters. The van der Waals surface area contributed by atoms with Crippen molar-refractivity contribution >= 4 is 17.6 Å². The second kappa shape index (κ2) is 6.98. The third-order valence-corrected chi connectivity index (χ3v) is 5.77. The van der Waals surface area contributed by atoms with E-state index in [0.29, 0.717) is 18.9 Å². The van der Waals surface area contributed by atoms with Gasteiger partial charge in [-0.1, -0.05) is 42.5 Å². The van der Waals surface area contributed by atoms with Crippen LogP contribution in [0.2, 0.25) is 0 Å². The summed E-state index contributed by atoms with van der Waals surface area (Å²) in [7, 11) is 0. The maximum absolute atomic E-state index is 12.6. The van der Waals surface area contributed by atoms with Crippen LogP contribution < -0.4 is 0 Å². The van der Waals surface area contributed by atoms with Gasteiger partial charge in [0, 0.05) is 12.5 Å². The summed E-state index contributed by atoms with van der Waals surface area (Å²) in [6.07, 6.45) is 8.98. The number of hydrogen-bond donors (Lipinski definition) is 1. The summed E-state index contributed by atoms with van der Waals surface area (Å²) in [6, 6.07) is 7.52. The van der Waals surface area contributed by atoms with Crippen LogP contribution in [0.5, 0.6) is 0 Å². The first kappa shape index (κ1) is 16.9. The lowest BCUT2D eigenvalue weighted by atomic mass is 9.86. The van der Waals surface area contributed by atoms with Crippen molar-refractivity contribution in [1.29, 1.82) is 0 Å². The zero-order chi connectivity index (χ0) is 18.1. The minimum Gasteiger partial charge on any atom is -0.480 e. The molecule has 4 rings (SSSR count). The van der Waals surface area contributed by atoms with Gasteiger partial charge in [0.25, 0.3) is 0 Å². The third-order valence-electron chi connectivity index (χ3n) is 5.77. The van der Waals surface area contributed by atoms with Gasteiger partial charge >= 0.3 is 12.1 Å². The summed E-state index contributed by atoms with van der Waals surface area (Å²) in [6.45, 7) is 0.739. The first-order valence-electron chi connectivity index (χ1n) is 9.29. The van der Waals surface area contributed by atoms with E-state index in [2.05, 4.69) is 30.4 Å². The standard InChI is InChI=1S/C21H23NO4/c23-20(24)19-11-5-6-12-22(19)21(25)26-13-18-16-9-3-1-7-14(16)15-8-2-4-10-17(15)18/h1-4,7-9,17-19H,5-6,10-13H2,(H,23,24)/t17?,18?,19-/m0/s1. The predicted octanol–water partition coefficient (Wildman–Crippen LogP) is 3.82. The molecule has 1 amide bonds. The smallest absolute Gasteiger partial charge is 0.410 e. The van der Waals surface area contributed by atoms with E-state index in [9.17, 15) is 14.7 Å². The highest BCUT2D eigenvalue weighted by Crippen LogP contribution is 2.49. The van der Waals surface area contributed by atoms with Gasteiger partial charge in [0.05, 0.1) is 0 Å². The van der Waals surface area contributed by atoms with Crippen molar-refractivity contribution in [1.82, 2.24) is 4.90 Å². The lowest BCUT2D eigenvalue weighted by Crippen LogP contribution is -2.48. The van der Waals surface area contributed by atoms with Crippen molar-refractivity contribution in [3.63, 3.8) is 0 Å². The zero-order valence-corrected chi connectivity index (χ0v) is 14.6. The Labute approximate surface area is 152 Å². The monoisotopic (exact) mass is 353 g/mol. The summed E-state index contributed by atoms with van der Waals surface area (Å²) in [5.41, 5.74) is 3.77. The Hall–Kier alpha value is -2.56. The van der Waals surface area contributed by atoms with E-state index in [-0.39, 0.29) is 12.5 Å². The van der Waals surface area contributed by atoms with Crippen LogP contribution in [-0.2, 0) is 9.53 Å². The number of piperidine rings is 1. The van der Waals surface area contributed by atoms with Crippen LogP contribution in [0, 0.1) is 5.92 Å². The molecule has 1 saturated heterocycles. The lowest BCUT2D eigenvalue weighted by molar-refractivity contribution is -0.143. The molecule has 0 bridgehead atoms. The summed E-state index contributed by atoms with van der Waals surface area (Å²) >= 11 is 0. The van der Waals surface area contributed by atoms with Crippen LogP contribution in [0.15, 0.2) is 42.5 Å². The maximum atomic E-state index is 12.6. The molecule has 1 heterocycles. The Kier molecular flexibility index (Phi) is 4.53. The molecule has 0 saturated carbocycles. The molecule has 3 atom stereocenters. The number of nitrogens with zero attached hydrogens (tertiary/aromatic N) is 1. The highest BCUT2D eigenvalue weighted by atomic mass is 16.6. The summed E-state index contributed by atoms with van der Waals surface area (Å²) in [4.78, 5) is 25.3. The van der Waals surface area contributed by atoms with Crippen molar-refractivity contribution in [3.8, 4) is 0 Å². The number of ether oxygens (including phenoxy) is 1. The first-order valence-corrected chi connectivity index (χ1v) is 9.29. The van der Waals surface area contributed by atoms with E-state index in [1.54, 1.807) is 0 Å². The Balaban J connectivity index is 1.49. The van der Waals surface area contributed by atoms with Crippen molar-refractivity contribution in [2.24, 2.45) is 5.92 Å². The minimum absolute atomic E-state index is 0.124. The van der Waals surface area contributed by atoms with E-state index >= 15 is 0 Å². The number of aliphatic carboxylic acids is 1. The van der Waals surface area contributed by atoms with Gasteiger partial charge in [-0.3, -0.25) is 4.90 Å². The van der Waals surface area contributed by atoms with E-state index in [0.717, 1.165) is 19.3 Å². The fraction of sp³-hybridized carbons (Fsp3) is 0.429. The molecule has 0 aromatic heterocycles. The highest BCUT2D eigenvalue weighted by molar-refractivity contribution is 5.81. The van der Waals surface area contributed by atoms with Crippen molar-refractivity contribution in [3.05, 3.63) is 53.6 Å². The molecule has 3 aliphatic rings. The average molecular weight is 353 g/mol. The Morgan fingerprint density at radius 2 is 2.08 bits per heavy atom. The highest BCUT2D eigenvalue weighted by Gasteiger charge is 2.38. The topological polar surface area (TPSA) is 66.8 Å². The van der Waals surface area contributed by atoms with Gasteiger partial charge in [-0.2, -0.15) is 0 Å². The number of amides is 1. The van der Waals surface area contributed by atoms with Crippen LogP contribution in [0.4, 0.5) is 4.79 Å². The van der Waals surface area contributed by atoms with E-state index in [4.69, 9.17) is 4.74 Å². The van der Waals surface area contributed by atoms with Crippen molar-refractivity contribution in [2.75, 3.05) is 13.2 Å². The molecule has 26 heavy (non-hydrogen) atoms. The molecule has 1 aliphatic heterocycles. The van der Waals surface area contributed by atoms with E-state index in [1.165, 1.54) is 21.6 Å². The van der Waals surface area contributed by atoms with Gasteiger partial charge in [0.1, 0.15) is 12.6 Å². The zero-order valence-electron chi connectivity index (χ0n) is 14.6. The molecule has 1 aromatic carbocycles. The number of benzene rings is 1. The molecule has 1 fully saturated rings. The van der Waals surface area contributed by atoms with Gasteiger partial charge < -0.3 is 9.84 Å². The summed E-state index contributed by atoms with van der Waals surface area (Å²) in [5, 5.41) is 9.36. The molecule has 2 aliphatic carbocycles. The number of carbonyl (C=O) groups is 2. The molecule has 5 nitrogen and oxygen atoms in total. The summed E-state index contributed by atoms with van der Waals surface area (Å²) in [5.74, 6) is -0.503. The molecule has 1 N–H and O–H groups in total. The maximum Gasteiger partial charge on any atom is 0.410 e. The largest absolute Gasteiger partial charge is 0.480 e. The van der Waals surface area contributed by atoms with Crippen LogP contribution >= 0.6 is 0 Å². The molecular formula is C21H23NO4. The molecule has 5 heteroatoms. The second-order valence-electron chi connectivity index (χ2n) is 7.21. The third kappa shape index (κ3) is 2.91. The number of rotatable bonds is 3. The number of allylic oxidation sites excluding steroid dienone is 4. The van der Waals surface area contributed by atoms with Gasteiger partial charge in [0.2, 0.25) is 0 Å². The number of hydrogen-bond acceptors (Lipinski definition) is 3. The van der Waals surface area contributed by atoms with Gasteiger partial charge in [-0.25, -0.2) is 9.59 Å². The fourth-order valence-corrected chi connectivity index (χ4v) is 4.47. The van der Waals surface area contributed by atoms with Crippen LogP contribution in [0.1, 0.15) is 42.7 Å². The molecular weight excluding hydrogens is 330 g/mol. The van der Waals surface area contributed by atoms with Gasteiger partial charge in [-0.05, 0) is 48.3 Å². The number of likely N-dealkylation sites (tertiary alicyclic amines) is 1. The fourth-order valence-electron chi connectivity index (χ4n) is 4.47. The van der Waals surface area contributed by atoms with Crippen molar-refractivity contribution in [2.45, 2.75) is 37.6 Å².